The van der Waals surface area contributed by atoms with Crippen LogP contribution in [0.1, 0.15) is 28.4 Å². The van der Waals surface area contributed by atoms with Gasteiger partial charge in [0.2, 0.25) is 5.91 Å². The van der Waals surface area contributed by atoms with Crippen LogP contribution in [0.15, 0.2) is 48.5 Å². The third-order valence-electron chi connectivity index (χ3n) is 4.51. The highest BCUT2D eigenvalue weighted by Crippen LogP contribution is 2.44. The van der Waals surface area contributed by atoms with Gasteiger partial charge in [-0.05, 0) is 23.8 Å². The third-order valence-corrected chi connectivity index (χ3v) is 4.51. The van der Waals surface area contributed by atoms with Crippen LogP contribution in [0.4, 0.5) is 5.69 Å². The maximum atomic E-state index is 12.7. The Hall–Kier alpha value is -2.66. The Morgan fingerprint density at radius 3 is 2.87 bits per heavy atom. The molecule has 0 saturated carbocycles. The molecule has 2 heterocycles. The van der Waals surface area contributed by atoms with Gasteiger partial charge in [-0.15, -0.1) is 0 Å². The van der Waals surface area contributed by atoms with E-state index < -0.39 is 5.66 Å². The van der Waals surface area contributed by atoms with Gasteiger partial charge in [0.15, 0.2) is 0 Å². The number of nitrogens with zero attached hydrogens (tertiary/aromatic N) is 1. The van der Waals surface area contributed by atoms with Crippen molar-refractivity contribution in [3.8, 4) is 0 Å². The van der Waals surface area contributed by atoms with E-state index in [2.05, 4.69) is 10.6 Å². The van der Waals surface area contributed by atoms with Crippen LogP contribution in [0.25, 0.3) is 0 Å². The first-order chi connectivity index (χ1) is 11.1. The molecule has 116 valence electrons. The summed E-state index contributed by atoms with van der Waals surface area (Å²) in [4.78, 5) is 25.9. The molecule has 0 spiro atoms. The number of rotatable bonds is 2. The van der Waals surface area contributed by atoms with Crippen LogP contribution < -0.4 is 10.6 Å². The minimum absolute atomic E-state index is 0.0514. The number of carbonyl (C=O) groups is 2. The smallest absolute Gasteiger partial charge is 0.256 e. The molecule has 1 atom stereocenters. The highest BCUT2D eigenvalue weighted by molar-refractivity contribution is 6.01. The van der Waals surface area contributed by atoms with Crippen molar-refractivity contribution >= 4 is 17.5 Å². The molecule has 2 amide bonds. The summed E-state index contributed by atoms with van der Waals surface area (Å²) < 4.78 is 0. The molecule has 1 unspecified atom stereocenters. The van der Waals surface area contributed by atoms with E-state index in [4.69, 9.17) is 0 Å². The fourth-order valence-electron chi connectivity index (χ4n) is 3.68. The Balaban J connectivity index is 1.89. The Morgan fingerprint density at radius 2 is 2.04 bits per heavy atom. The van der Waals surface area contributed by atoms with E-state index in [1.807, 2.05) is 53.4 Å². The van der Waals surface area contributed by atoms with Crippen LogP contribution in [0.3, 0.4) is 0 Å². The standard InChI is InChI=1S/C18H17N3O2/c1-12(22)20-14-6-4-5-13(11-14)18-16-8-3-2-7-15(16)17(23)21(18)10-9-19-18/h2-8,11,19H,9-10H2,1H3,(H,20,22). The molecular weight excluding hydrogens is 290 g/mol. The second-order valence-electron chi connectivity index (χ2n) is 5.90. The van der Waals surface area contributed by atoms with Crippen molar-refractivity contribution in [2.45, 2.75) is 12.6 Å². The quantitative estimate of drug-likeness (QED) is 0.891. The predicted molar refractivity (Wildman–Crippen MR) is 87.0 cm³/mol. The zero-order valence-corrected chi connectivity index (χ0v) is 12.8. The Morgan fingerprint density at radius 1 is 1.22 bits per heavy atom. The van der Waals surface area contributed by atoms with E-state index in [1.54, 1.807) is 0 Å². The summed E-state index contributed by atoms with van der Waals surface area (Å²) in [7, 11) is 0. The van der Waals surface area contributed by atoms with Crippen molar-refractivity contribution in [3.63, 3.8) is 0 Å². The van der Waals surface area contributed by atoms with Crippen molar-refractivity contribution in [1.29, 1.82) is 0 Å². The number of fused-ring (bicyclic) bond motifs is 3. The first-order valence-electron chi connectivity index (χ1n) is 7.67. The highest BCUT2D eigenvalue weighted by atomic mass is 16.2. The largest absolute Gasteiger partial charge is 0.326 e. The Bertz CT molecular complexity index is 817. The summed E-state index contributed by atoms with van der Waals surface area (Å²) in [5.41, 5.74) is 2.77. The number of amides is 2. The molecule has 0 bridgehead atoms. The molecule has 4 rings (SSSR count). The summed E-state index contributed by atoms with van der Waals surface area (Å²) >= 11 is 0. The molecule has 0 aromatic heterocycles. The van der Waals surface area contributed by atoms with Crippen LogP contribution in [-0.4, -0.2) is 29.8 Å². The number of benzene rings is 2. The minimum Gasteiger partial charge on any atom is -0.326 e. The second-order valence-corrected chi connectivity index (χ2v) is 5.90. The maximum Gasteiger partial charge on any atom is 0.256 e. The SMILES string of the molecule is CC(=O)Nc1cccc(C23NCCN2C(=O)c2ccccc23)c1. The summed E-state index contributed by atoms with van der Waals surface area (Å²) in [6.07, 6.45) is 0. The number of hydrogen-bond donors (Lipinski definition) is 2. The van der Waals surface area contributed by atoms with Gasteiger partial charge in [-0.1, -0.05) is 30.3 Å². The molecule has 2 aromatic rings. The van der Waals surface area contributed by atoms with Crippen LogP contribution in [0.2, 0.25) is 0 Å². The molecule has 2 aliphatic rings. The van der Waals surface area contributed by atoms with Crippen molar-refractivity contribution in [1.82, 2.24) is 10.2 Å². The van der Waals surface area contributed by atoms with Gasteiger partial charge in [-0.3, -0.25) is 14.9 Å². The van der Waals surface area contributed by atoms with E-state index in [1.165, 1.54) is 6.92 Å². The van der Waals surface area contributed by atoms with Crippen LogP contribution in [-0.2, 0) is 10.5 Å². The lowest BCUT2D eigenvalue weighted by atomic mass is 9.91. The topological polar surface area (TPSA) is 61.4 Å². The monoisotopic (exact) mass is 307 g/mol. The normalized spacial score (nSPS) is 22.0. The van der Waals surface area contributed by atoms with E-state index >= 15 is 0 Å². The molecule has 0 aliphatic carbocycles. The number of hydrogen-bond acceptors (Lipinski definition) is 3. The lowest BCUT2D eigenvalue weighted by Gasteiger charge is -2.33. The molecule has 5 heteroatoms. The molecule has 2 N–H and O–H groups in total. The first kappa shape index (κ1) is 14.0. The number of nitrogens with one attached hydrogen (secondary N) is 2. The number of anilines is 1. The van der Waals surface area contributed by atoms with Gasteiger partial charge in [0.25, 0.3) is 5.91 Å². The average molecular weight is 307 g/mol. The van der Waals surface area contributed by atoms with Crippen LogP contribution in [0.5, 0.6) is 0 Å². The molecule has 5 nitrogen and oxygen atoms in total. The second kappa shape index (κ2) is 4.93. The fraction of sp³-hybridized carbons (Fsp3) is 0.222. The average Bonchev–Trinajstić information content (AvgIpc) is 3.08. The summed E-state index contributed by atoms with van der Waals surface area (Å²) in [6.45, 7) is 2.89. The van der Waals surface area contributed by atoms with Crippen molar-refractivity contribution in [2.24, 2.45) is 0 Å². The van der Waals surface area contributed by atoms with Gasteiger partial charge in [0.1, 0.15) is 5.66 Å². The van der Waals surface area contributed by atoms with Crippen molar-refractivity contribution in [3.05, 3.63) is 65.2 Å². The van der Waals surface area contributed by atoms with Crippen molar-refractivity contribution in [2.75, 3.05) is 18.4 Å². The fourth-order valence-corrected chi connectivity index (χ4v) is 3.68. The molecule has 1 fully saturated rings. The van der Waals surface area contributed by atoms with E-state index in [9.17, 15) is 9.59 Å². The van der Waals surface area contributed by atoms with Gasteiger partial charge in [-0.25, -0.2) is 0 Å². The van der Waals surface area contributed by atoms with Gasteiger partial charge >= 0.3 is 0 Å². The highest BCUT2D eigenvalue weighted by Gasteiger charge is 2.53. The zero-order valence-electron chi connectivity index (χ0n) is 12.8. The summed E-state index contributed by atoms with van der Waals surface area (Å²) in [6, 6.07) is 15.4. The molecule has 2 aliphatic heterocycles. The summed E-state index contributed by atoms with van der Waals surface area (Å²) in [5.74, 6) is -0.0608. The first-order valence-corrected chi connectivity index (χ1v) is 7.67. The van der Waals surface area contributed by atoms with Gasteiger partial charge in [0, 0.05) is 36.8 Å². The van der Waals surface area contributed by atoms with Gasteiger partial charge in [-0.2, -0.15) is 0 Å². The lowest BCUT2D eigenvalue weighted by molar-refractivity contribution is -0.114. The molecule has 0 radical (unpaired) electrons. The Kier molecular flexibility index (Phi) is 2.99. The minimum atomic E-state index is -0.637. The predicted octanol–water partition coefficient (Wildman–Crippen LogP) is 1.91. The Labute approximate surface area is 134 Å². The molecule has 1 saturated heterocycles. The van der Waals surface area contributed by atoms with Crippen molar-refractivity contribution < 1.29 is 9.59 Å². The van der Waals surface area contributed by atoms with Crippen LogP contribution in [0, 0.1) is 0 Å². The zero-order chi connectivity index (χ0) is 16.0. The lowest BCUT2D eigenvalue weighted by Crippen LogP contribution is -2.46. The van der Waals surface area contributed by atoms with E-state index in [0.717, 1.165) is 28.9 Å². The van der Waals surface area contributed by atoms with Gasteiger partial charge < -0.3 is 10.2 Å². The summed E-state index contributed by atoms with van der Waals surface area (Å²) in [5, 5.41) is 6.32. The van der Waals surface area contributed by atoms with Gasteiger partial charge in [0.05, 0.1) is 0 Å². The maximum absolute atomic E-state index is 12.7. The molecule has 2 aromatic carbocycles. The number of carbonyl (C=O) groups excluding carboxylic acids is 2. The van der Waals surface area contributed by atoms with E-state index in [-0.39, 0.29) is 11.8 Å². The molecule has 23 heavy (non-hydrogen) atoms. The van der Waals surface area contributed by atoms with Crippen LogP contribution >= 0.6 is 0 Å². The van der Waals surface area contributed by atoms with E-state index in [0.29, 0.717) is 6.54 Å². The molecular formula is C18H17N3O2. The third kappa shape index (κ3) is 1.90.